The monoisotopic (exact) mass is 258 g/mol. The summed E-state index contributed by atoms with van der Waals surface area (Å²) in [6, 6.07) is 0. The topological polar surface area (TPSA) is 18.5 Å². The summed E-state index contributed by atoms with van der Waals surface area (Å²) in [7, 11) is 0. The van der Waals surface area contributed by atoms with E-state index in [2.05, 4.69) is 55.4 Å². The summed E-state index contributed by atoms with van der Waals surface area (Å²) < 4.78 is 11.9. The van der Waals surface area contributed by atoms with Crippen LogP contribution in [0.5, 0.6) is 0 Å². The molecule has 0 radical (unpaired) electrons. The van der Waals surface area contributed by atoms with Crippen LogP contribution in [-0.2, 0) is 9.47 Å². The van der Waals surface area contributed by atoms with E-state index in [0.717, 1.165) is 32.5 Å². The lowest BCUT2D eigenvalue weighted by Gasteiger charge is -2.32. The van der Waals surface area contributed by atoms with Crippen molar-refractivity contribution in [1.29, 1.82) is 0 Å². The highest BCUT2D eigenvalue weighted by Crippen LogP contribution is 2.23. The summed E-state index contributed by atoms with van der Waals surface area (Å²) in [5, 5.41) is 0. The van der Waals surface area contributed by atoms with Crippen LogP contribution in [0.15, 0.2) is 0 Å². The predicted octanol–water partition coefficient (Wildman–Crippen LogP) is 4.81. The molecule has 0 bridgehead atoms. The van der Waals surface area contributed by atoms with Gasteiger partial charge in [-0.3, -0.25) is 0 Å². The van der Waals surface area contributed by atoms with Crippen molar-refractivity contribution in [3.63, 3.8) is 0 Å². The summed E-state index contributed by atoms with van der Waals surface area (Å²) in [6.45, 7) is 19.0. The molecule has 0 aliphatic carbocycles. The van der Waals surface area contributed by atoms with Crippen molar-refractivity contribution in [2.24, 2.45) is 5.41 Å². The molecule has 0 amide bonds. The molecular formula is C16H34O2. The van der Waals surface area contributed by atoms with E-state index in [1.807, 2.05) is 0 Å². The van der Waals surface area contributed by atoms with Gasteiger partial charge in [-0.25, -0.2) is 0 Å². The zero-order valence-corrected chi connectivity index (χ0v) is 13.9. The molecule has 0 saturated heterocycles. The van der Waals surface area contributed by atoms with E-state index in [1.165, 1.54) is 0 Å². The molecule has 0 saturated carbocycles. The van der Waals surface area contributed by atoms with Crippen LogP contribution >= 0.6 is 0 Å². The van der Waals surface area contributed by atoms with Crippen LogP contribution in [-0.4, -0.2) is 24.4 Å². The van der Waals surface area contributed by atoms with Gasteiger partial charge in [0.25, 0.3) is 0 Å². The summed E-state index contributed by atoms with van der Waals surface area (Å²) in [6.07, 6.45) is 3.21. The SMILES string of the molecule is CCCC(C)(C)OCCC(C)(C)OCC(C)(C)C. The van der Waals surface area contributed by atoms with Crippen molar-refractivity contribution in [3.05, 3.63) is 0 Å². The number of hydrogen-bond acceptors (Lipinski definition) is 2. The van der Waals surface area contributed by atoms with Crippen LogP contribution in [0, 0.1) is 5.41 Å². The van der Waals surface area contributed by atoms with Gasteiger partial charge in [-0.2, -0.15) is 0 Å². The normalized spacial score (nSPS) is 14.0. The first-order valence-electron chi connectivity index (χ1n) is 7.25. The fourth-order valence-corrected chi connectivity index (χ4v) is 1.73. The molecule has 2 heteroatoms. The lowest BCUT2D eigenvalue weighted by molar-refractivity contribution is -0.0891. The highest BCUT2D eigenvalue weighted by atomic mass is 16.5. The van der Waals surface area contributed by atoms with Gasteiger partial charge in [0, 0.05) is 0 Å². The van der Waals surface area contributed by atoms with E-state index in [0.29, 0.717) is 0 Å². The van der Waals surface area contributed by atoms with E-state index in [4.69, 9.17) is 9.47 Å². The van der Waals surface area contributed by atoms with Gasteiger partial charge >= 0.3 is 0 Å². The molecule has 0 unspecified atom stereocenters. The third-order valence-electron chi connectivity index (χ3n) is 2.94. The van der Waals surface area contributed by atoms with E-state index >= 15 is 0 Å². The minimum atomic E-state index is -0.102. The maximum atomic E-state index is 5.99. The smallest absolute Gasteiger partial charge is 0.0648 e. The van der Waals surface area contributed by atoms with E-state index < -0.39 is 0 Å². The summed E-state index contributed by atoms with van der Waals surface area (Å²) in [5.41, 5.74) is 0.115. The van der Waals surface area contributed by atoms with Crippen LogP contribution in [0.1, 0.15) is 74.7 Å². The van der Waals surface area contributed by atoms with Gasteiger partial charge < -0.3 is 9.47 Å². The Morgan fingerprint density at radius 1 is 0.722 bits per heavy atom. The lowest BCUT2D eigenvalue weighted by Crippen LogP contribution is -2.33. The minimum absolute atomic E-state index is 0.00510. The van der Waals surface area contributed by atoms with Gasteiger partial charge in [-0.15, -0.1) is 0 Å². The van der Waals surface area contributed by atoms with E-state index in [-0.39, 0.29) is 16.6 Å². The van der Waals surface area contributed by atoms with E-state index in [9.17, 15) is 0 Å². The first-order chi connectivity index (χ1) is 7.97. The van der Waals surface area contributed by atoms with Gasteiger partial charge in [0.2, 0.25) is 0 Å². The number of rotatable bonds is 8. The Balaban J connectivity index is 3.97. The molecule has 0 aromatic carbocycles. The third kappa shape index (κ3) is 9.90. The van der Waals surface area contributed by atoms with Crippen molar-refractivity contribution < 1.29 is 9.47 Å². The summed E-state index contributed by atoms with van der Waals surface area (Å²) >= 11 is 0. The molecule has 0 rings (SSSR count). The van der Waals surface area contributed by atoms with Crippen molar-refractivity contribution in [1.82, 2.24) is 0 Å². The second-order valence-corrected chi connectivity index (χ2v) is 7.72. The largest absolute Gasteiger partial charge is 0.375 e. The van der Waals surface area contributed by atoms with E-state index in [1.54, 1.807) is 0 Å². The molecule has 0 atom stereocenters. The number of ether oxygens (including phenoxy) is 2. The van der Waals surface area contributed by atoms with Crippen molar-refractivity contribution in [3.8, 4) is 0 Å². The Kier molecular flexibility index (Phi) is 6.87. The summed E-state index contributed by atoms with van der Waals surface area (Å²) in [4.78, 5) is 0. The fraction of sp³-hybridized carbons (Fsp3) is 1.00. The van der Waals surface area contributed by atoms with Crippen LogP contribution in [0.3, 0.4) is 0 Å². The molecule has 0 aliphatic rings. The first kappa shape index (κ1) is 17.9. The van der Waals surface area contributed by atoms with Gasteiger partial charge in [0.1, 0.15) is 0 Å². The Labute approximate surface area is 114 Å². The molecule has 0 fully saturated rings. The molecule has 0 aliphatic heterocycles. The average Bonchev–Trinajstić information content (AvgIpc) is 2.13. The molecule has 18 heavy (non-hydrogen) atoms. The molecule has 2 nitrogen and oxygen atoms in total. The second-order valence-electron chi connectivity index (χ2n) is 7.72. The van der Waals surface area contributed by atoms with Gasteiger partial charge in [0.05, 0.1) is 24.4 Å². The highest BCUT2D eigenvalue weighted by molar-refractivity contribution is 4.73. The standard InChI is InChI=1S/C16H34O2/c1-9-10-15(5,6)17-12-11-16(7,8)18-13-14(2,3)4/h9-13H2,1-8H3. The van der Waals surface area contributed by atoms with Crippen LogP contribution < -0.4 is 0 Å². The van der Waals surface area contributed by atoms with Gasteiger partial charge in [0.15, 0.2) is 0 Å². The molecule has 0 spiro atoms. The zero-order chi connectivity index (χ0) is 14.4. The summed E-state index contributed by atoms with van der Waals surface area (Å²) in [5.74, 6) is 0. The second kappa shape index (κ2) is 6.91. The molecular weight excluding hydrogens is 224 g/mol. The molecule has 0 heterocycles. The molecule has 0 aromatic rings. The first-order valence-corrected chi connectivity index (χ1v) is 7.25. The zero-order valence-electron chi connectivity index (χ0n) is 13.9. The number of hydrogen-bond donors (Lipinski definition) is 0. The van der Waals surface area contributed by atoms with Crippen molar-refractivity contribution >= 4 is 0 Å². The third-order valence-corrected chi connectivity index (χ3v) is 2.94. The predicted molar refractivity (Wildman–Crippen MR) is 79.0 cm³/mol. The van der Waals surface area contributed by atoms with Crippen LogP contribution in [0.4, 0.5) is 0 Å². The lowest BCUT2D eigenvalue weighted by atomic mass is 9.97. The van der Waals surface area contributed by atoms with Gasteiger partial charge in [-0.1, -0.05) is 34.1 Å². The maximum Gasteiger partial charge on any atom is 0.0648 e. The molecule has 110 valence electrons. The molecule has 0 aromatic heterocycles. The fourth-order valence-electron chi connectivity index (χ4n) is 1.73. The Morgan fingerprint density at radius 2 is 1.22 bits per heavy atom. The quantitative estimate of drug-likeness (QED) is 0.622. The minimum Gasteiger partial charge on any atom is -0.375 e. The molecule has 0 N–H and O–H groups in total. The highest BCUT2D eigenvalue weighted by Gasteiger charge is 2.24. The van der Waals surface area contributed by atoms with Crippen molar-refractivity contribution in [2.75, 3.05) is 13.2 Å². The Hall–Kier alpha value is -0.0800. The van der Waals surface area contributed by atoms with Crippen LogP contribution in [0.2, 0.25) is 0 Å². The average molecular weight is 258 g/mol. The van der Waals surface area contributed by atoms with Gasteiger partial charge in [-0.05, 0) is 46.0 Å². The van der Waals surface area contributed by atoms with Crippen LogP contribution in [0.25, 0.3) is 0 Å². The Morgan fingerprint density at radius 3 is 1.67 bits per heavy atom. The maximum absolute atomic E-state index is 5.99. The Bertz CT molecular complexity index is 224. The van der Waals surface area contributed by atoms with Crippen molar-refractivity contribution in [2.45, 2.75) is 85.9 Å².